The number of rotatable bonds is 7. The van der Waals surface area contributed by atoms with E-state index in [1.54, 1.807) is 0 Å². The van der Waals surface area contributed by atoms with Crippen molar-refractivity contribution in [3.63, 3.8) is 0 Å². The largest absolute Gasteiger partial charge is 0.493 e. The highest BCUT2D eigenvalue weighted by molar-refractivity contribution is 5.85. The van der Waals surface area contributed by atoms with Crippen molar-refractivity contribution in [2.75, 3.05) is 26.2 Å². The average molecular weight is 375 g/mol. The van der Waals surface area contributed by atoms with Gasteiger partial charge in [0, 0.05) is 26.1 Å². The van der Waals surface area contributed by atoms with E-state index in [1.807, 2.05) is 41.3 Å². The number of hydrogen-bond donors (Lipinski definition) is 1. The van der Waals surface area contributed by atoms with Gasteiger partial charge < -0.3 is 15.4 Å². The fourth-order valence-corrected chi connectivity index (χ4v) is 3.39. The summed E-state index contributed by atoms with van der Waals surface area (Å²) >= 11 is 0. The summed E-state index contributed by atoms with van der Waals surface area (Å²) < 4.78 is 5.70. The molecule has 1 atom stereocenters. The second-order valence-electron chi connectivity index (χ2n) is 6.48. The maximum absolute atomic E-state index is 12.9. The van der Waals surface area contributed by atoms with Crippen molar-refractivity contribution in [2.45, 2.75) is 25.2 Å². The monoisotopic (exact) mass is 374 g/mol. The van der Waals surface area contributed by atoms with Crippen molar-refractivity contribution >= 4 is 18.3 Å². The molecule has 1 amide bonds. The zero-order chi connectivity index (χ0) is 17.5. The molecule has 1 aliphatic heterocycles. The third-order valence-electron chi connectivity index (χ3n) is 4.77. The Kier molecular flexibility index (Phi) is 7.95. The molecule has 0 bridgehead atoms. The number of fused-ring (bicyclic) bond motifs is 1. The van der Waals surface area contributed by atoms with Gasteiger partial charge in [0.05, 0.1) is 6.61 Å². The van der Waals surface area contributed by atoms with Crippen LogP contribution in [0.15, 0.2) is 54.6 Å². The summed E-state index contributed by atoms with van der Waals surface area (Å²) in [4.78, 5) is 14.8. The van der Waals surface area contributed by atoms with Crippen molar-refractivity contribution in [1.82, 2.24) is 4.90 Å². The lowest BCUT2D eigenvalue weighted by Gasteiger charge is -2.28. The van der Waals surface area contributed by atoms with Crippen LogP contribution < -0.4 is 10.5 Å². The number of halogens is 1. The summed E-state index contributed by atoms with van der Waals surface area (Å²) in [7, 11) is 0. The molecule has 140 valence electrons. The van der Waals surface area contributed by atoms with Gasteiger partial charge in [0.2, 0.25) is 5.91 Å². The highest BCUT2D eigenvalue weighted by atomic mass is 35.5. The van der Waals surface area contributed by atoms with Crippen LogP contribution in [-0.2, 0) is 11.2 Å². The molecule has 1 aliphatic rings. The van der Waals surface area contributed by atoms with Crippen LogP contribution in [-0.4, -0.2) is 37.0 Å². The van der Waals surface area contributed by atoms with E-state index in [0.29, 0.717) is 32.7 Å². The minimum absolute atomic E-state index is 0. The molecule has 2 N–H and O–H groups in total. The number of para-hydroxylation sites is 1. The van der Waals surface area contributed by atoms with E-state index in [0.717, 1.165) is 24.2 Å². The van der Waals surface area contributed by atoms with E-state index in [2.05, 4.69) is 18.2 Å². The smallest absolute Gasteiger partial charge is 0.223 e. The Morgan fingerprint density at radius 1 is 1.08 bits per heavy atom. The first-order valence-electron chi connectivity index (χ1n) is 9.01. The first kappa shape index (κ1) is 20.3. The van der Waals surface area contributed by atoms with Crippen molar-refractivity contribution in [3.8, 4) is 5.75 Å². The quantitative estimate of drug-likeness (QED) is 0.808. The molecule has 0 saturated heterocycles. The van der Waals surface area contributed by atoms with Crippen molar-refractivity contribution in [3.05, 3.63) is 65.7 Å². The van der Waals surface area contributed by atoms with Gasteiger partial charge in [0.15, 0.2) is 0 Å². The van der Waals surface area contributed by atoms with Crippen LogP contribution in [0.1, 0.15) is 29.9 Å². The molecule has 0 radical (unpaired) electrons. The van der Waals surface area contributed by atoms with E-state index < -0.39 is 0 Å². The fourth-order valence-electron chi connectivity index (χ4n) is 3.39. The van der Waals surface area contributed by atoms with Crippen LogP contribution in [0.2, 0.25) is 0 Å². The minimum atomic E-state index is 0. The van der Waals surface area contributed by atoms with Gasteiger partial charge in [-0.3, -0.25) is 4.79 Å². The van der Waals surface area contributed by atoms with Crippen LogP contribution >= 0.6 is 12.4 Å². The van der Waals surface area contributed by atoms with E-state index in [9.17, 15) is 4.79 Å². The molecule has 0 aliphatic carbocycles. The molecule has 0 fully saturated rings. The van der Waals surface area contributed by atoms with Crippen LogP contribution in [0.4, 0.5) is 0 Å². The maximum atomic E-state index is 12.9. The summed E-state index contributed by atoms with van der Waals surface area (Å²) in [5, 5.41) is 0. The standard InChI is InChI=1S/C21H26N2O2.ClH/c22-12-14-23(13-10-17-6-2-1-3-7-17)21(24)16-18-11-15-25-20-9-5-4-8-19(18)20;/h1-9,18H,10-16,22H2;1H. The van der Waals surface area contributed by atoms with E-state index in [-0.39, 0.29) is 24.2 Å². The van der Waals surface area contributed by atoms with Gasteiger partial charge in [-0.05, 0) is 36.0 Å². The van der Waals surface area contributed by atoms with E-state index >= 15 is 0 Å². The summed E-state index contributed by atoms with van der Waals surface area (Å²) in [6, 6.07) is 18.3. The van der Waals surface area contributed by atoms with Crippen molar-refractivity contribution < 1.29 is 9.53 Å². The number of benzene rings is 2. The second-order valence-corrected chi connectivity index (χ2v) is 6.48. The highest BCUT2D eigenvalue weighted by Crippen LogP contribution is 2.35. The van der Waals surface area contributed by atoms with Gasteiger partial charge in [0.25, 0.3) is 0 Å². The molecule has 26 heavy (non-hydrogen) atoms. The third-order valence-corrected chi connectivity index (χ3v) is 4.77. The number of nitrogens with zero attached hydrogens (tertiary/aromatic N) is 1. The number of ether oxygens (including phenoxy) is 1. The first-order chi connectivity index (χ1) is 12.3. The maximum Gasteiger partial charge on any atom is 0.223 e. The van der Waals surface area contributed by atoms with Gasteiger partial charge in [-0.1, -0.05) is 48.5 Å². The van der Waals surface area contributed by atoms with Crippen LogP contribution in [0, 0.1) is 0 Å². The van der Waals surface area contributed by atoms with Crippen LogP contribution in [0.5, 0.6) is 5.75 Å². The topological polar surface area (TPSA) is 55.6 Å². The SMILES string of the molecule is Cl.NCCN(CCc1ccccc1)C(=O)CC1CCOc2ccccc21. The number of carbonyl (C=O) groups is 1. The van der Waals surface area contributed by atoms with Gasteiger partial charge in [-0.15, -0.1) is 12.4 Å². The Hall–Kier alpha value is -2.04. The first-order valence-corrected chi connectivity index (χ1v) is 9.01. The molecular weight excluding hydrogens is 348 g/mol. The second kappa shape index (κ2) is 10.2. The molecule has 2 aromatic carbocycles. The predicted molar refractivity (Wildman–Crippen MR) is 107 cm³/mol. The summed E-state index contributed by atoms with van der Waals surface area (Å²) in [6.45, 7) is 2.49. The molecule has 3 rings (SSSR count). The van der Waals surface area contributed by atoms with Gasteiger partial charge in [-0.25, -0.2) is 0 Å². The molecule has 2 aromatic rings. The number of hydrogen-bond acceptors (Lipinski definition) is 3. The van der Waals surface area contributed by atoms with Crippen molar-refractivity contribution in [1.29, 1.82) is 0 Å². The Labute approximate surface area is 161 Å². The minimum Gasteiger partial charge on any atom is -0.493 e. The Morgan fingerprint density at radius 2 is 1.81 bits per heavy atom. The summed E-state index contributed by atoms with van der Waals surface area (Å²) in [5.41, 5.74) is 8.13. The lowest BCUT2D eigenvalue weighted by molar-refractivity contribution is -0.131. The van der Waals surface area contributed by atoms with E-state index in [4.69, 9.17) is 10.5 Å². The van der Waals surface area contributed by atoms with E-state index in [1.165, 1.54) is 5.56 Å². The lowest BCUT2D eigenvalue weighted by atomic mass is 9.90. The zero-order valence-corrected chi connectivity index (χ0v) is 15.8. The van der Waals surface area contributed by atoms with Crippen LogP contribution in [0.3, 0.4) is 0 Å². The molecule has 0 saturated carbocycles. The van der Waals surface area contributed by atoms with Gasteiger partial charge in [0.1, 0.15) is 5.75 Å². The molecule has 1 heterocycles. The van der Waals surface area contributed by atoms with Gasteiger partial charge in [-0.2, -0.15) is 0 Å². The summed E-state index contributed by atoms with van der Waals surface area (Å²) in [5.74, 6) is 1.33. The molecule has 4 nitrogen and oxygen atoms in total. The highest BCUT2D eigenvalue weighted by Gasteiger charge is 2.25. The molecular formula is C21H27ClN2O2. The Morgan fingerprint density at radius 3 is 2.58 bits per heavy atom. The molecule has 5 heteroatoms. The normalized spacial score (nSPS) is 15.3. The molecule has 1 unspecified atom stereocenters. The zero-order valence-electron chi connectivity index (χ0n) is 15.0. The van der Waals surface area contributed by atoms with Crippen molar-refractivity contribution in [2.24, 2.45) is 5.73 Å². The lowest BCUT2D eigenvalue weighted by Crippen LogP contribution is -2.38. The number of amides is 1. The average Bonchev–Trinajstić information content (AvgIpc) is 2.66. The Bertz CT molecular complexity index is 693. The molecule has 0 aromatic heterocycles. The Balaban J connectivity index is 0.00000243. The van der Waals surface area contributed by atoms with Gasteiger partial charge >= 0.3 is 0 Å². The van der Waals surface area contributed by atoms with Crippen LogP contribution in [0.25, 0.3) is 0 Å². The fraction of sp³-hybridized carbons (Fsp3) is 0.381. The number of carbonyl (C=O) groups excluding carboxylic acids is 1. The predicted octanol–water partition coefficient (Wildman–Crippen LogP) is 3.39. The third kappa shape index (κ3) is 5.23. The number of nitrogens with two attached hydrogens (primary N) is 1. The molecule has 0 spiro atoms. The summed E-state index contributed by atoms with van der Waals surface area (Å²) in [6.07, 6.45) is 2.27.